The standard InChI is InChI=1S/C18H23NO5S/c1-4-15(20)12-14-6-5-7-17(18(21)24-3)19(14)25(22,23)16-10-8-13(2)9-11-16/h4-6,8-11,14-15,17,20H,1,7,12H2,2-3H3/t14-,15-,17?/m0/s1. The molecule has 0 amide bonds. The number of aliphatic hydroxyl groups excluding tert-OH is 1. The van der Waals surface area contributed by atoms with Crippen LogP contribution in [0, 0.1) is 6.92 Å². The van der Waals surface area contributed by atoms with Gasteiger partial charge in [0, 0.05) is 6.04 Å². The summed E-state index contributed by atoms with van der Waals surface area (Å²) in [6.45, 7) is 5.38. The van der Waals surface area contributed by atoms with E-state index in [1.807, 2.05) is 6.92 Å². The molecule has 0 spiro atoms. The smallest absolute Gasteiger partial charge is 0.324 e. The molecule has 1 unspecified atom stereocenters. The van der Waals surface area contributed by atoms with Gasteiger partial charge in [0.05, 0.1) is 18.1 Å². The largest absolute Gasteiger partial charge is 0.468 e. The summed E-state index contributed by atoms with van der Waals surface area (Å²) >= 11 is 0. The van der Waals surface area contributed by atoms with Crippen LogP contribution in [0.3, 0.4) is 0 Å². The Bertz CT molecular complexity index is 754. The molecule has 1 N–H and O–H groups in total. The molecule has 136 valence electrons. The number of hydrogen-bond acceptors (Lipinski definition) is 5. The first-order chi connectivity index (χ1) is 11.8. The molecule has 0 radical (unpaired) electrons. The highest BCUT2D eigenvalue weighted by Gasteiger charge is 2.42. The zero-order valence-corrected chi connectivity index (χ0v) is 15.1. The fourth-order valence-corrected chi connectivity index (χ4v) is 4.57. The average molecular weight is 365 g/mol. The van der Waals surface area contributed by atoms with E-state index in [1.165, 1.54) is 25.3 Å². The van der Waals surface area contributed by atoms with Gasteiger partial charge in [-0.05, 0) is 31.9 Å². The maximum absolute atomic E-state index is 13.2. The Kier molecular flexibility index (Phi) is 6.16. The molecule has 0 aliphatic carbocycles. The van der Waals surface area contributed by atoms with E-state index in [4.69, 9.17) is 4.74 Å². The summed E-state index contributed by atoms with van der Waals surface area (Å²) in [4.78, 5) is 12.3. The van der Waals surface area contributed by atoms with Crippen LogP contribution in [0.5, 0.6) is 0 Å². The van der Waals surface area contributed by atoms with Crippen molar-refractivity contribution in [2.75, 3.05) is 7.11 Å². The number of nitrogens with zero attached hydrogens (tertiary/aromatic N) is 1. The highest BCUT2D eigenvalue weighted by atomic mass is 32.2. The first-order valence-electron chi connectivity index (χ1n) is 7.96. The van der Waals surface area contributed by atoms with Crippen LogP contribution in [-0.4, -0.2) is 49.1 Å². The molecule has 1 aliphatic rings. The number of aryl methyl sites for hydroxylation is 1. The third-order valence-corrected chi connectivity index (χ3v) is 6.12. The summed E-state index contributed by atoms with van der Waals surface area (Å²) in [5, 5.41) is 9.89. The minimum Gasteiger partial charge on any atom is -0.468 e. The number of sulfonamides is 1. The second-order valence-electron chi connectivity index (χ2n) is 5.96. The van der Waals surface area contributed by atoms with E-state index in [0.29, 0.717) is 0 Å². The van der Waals surface area contributed by atoms with E-state index in [0.717, 1.165) is 9.87 Å². The Morgan fingerprint density at radius 1 is 1.44 bits per heavy atom. The van der Waals surface area contributed by atoms with Crippen molar-refractivity contribution in [3.05, 3.63) is 54.6 Å². The molecule has 0 saturated carbocycles. The number of benzene rings is 1. The molecule has 2 rings (SSSR count). The second-order valence-corrected chi connectivity index (χ2v) is 7.80. The number of carbonyl (C=O) groups excluding carboxylic acids is 1. The van der Waals surface area contributed by atoms with Gasteiger partial charge >= 0.3 is 5.97 Å². The van der Waals surface area contributed by atoms with Gasteiger partial charge in [0.25, 0.3) is 0 Å². The molecule has 0 bridgehead atoms. The highest BCUT2D eigenvalue weighted by Crippen LogP contribution is 2.29. The zero-order chi connectivity index (χ0) is 18.6. The van der Waals surface area contributed by atoms with Crippen molar-refractivity contribution in [2.45, 2.75) is 42.8 Å². The van der Waals surface area contributed by atoms with Gasteiger partial charge in [-0.15, -0.1) is 6.58 Å². The number of aliphatic hydroxyl groups is 1. The SMILES string of the molecule is C=C[C@H](O)C[C@@H]1C=CCC(C(=O)OC)N1S(=O)(=O)c1ccc(C)cc1. The summed E-state index contributed by atoms with van der Waals surface area (Å²) in [5.74, 6) is -0.627. The van der Waals surface area contributed by atoms with Crippen LogP contribution >= 0.6 is 0 Å². The molecular formula is C18H23NO5S. The summed E-state index contributed by atoms with van der Waals surface area (Å²) < 4.78 is 32.3. The van der Waals surface area contributed by atoms with E-state index < -0.39 is 34.2 Å². The topological polar surface area (TPSA) is 83.9 Å². The van der Waals surface area contributed by atoms with Crippen molar-refractivity contribution >= 4 is 16.0 Å². The lowest BCUT2D eigenvalue weighted by Crippen LogP contribution is -2.52. The van der Waals surface area contributed by atoms with Gasteiger partial charge in [0.2, 0.25) is 10.0 Å². The predicted molar refractivity (Wildman–Crippen MR) is 94.4 cm³/mol. The maximum Gasteiger partial charge on any atom is 0.324 e. The van der Waals surface area contributed by atoms with Gasteiger partial charge in [-0.1, -0.05) is 35.9 Å². The van der Waals surface area contributed by atoms with Gasteiger partial charge in [-0.3, -0.25) is 4.79 Å². The fraction of sp³-hybridized carbons (Fsp3) is 0.389. The van der Waals surface area contributed by atoms with Crippen LogP contribution in [0.15, 0.2) is 54.0 Å². The molecule has 0 saturated heterocycles. The van der Waals surface area contributed by atoms with Crippen LogP contribution in [-0.2, 0) is 19.6 Å². The molecule has 1 aliphatic heterocycles. The Morgan fingerprint density at radius 3 is 2.64 bits per heavy atom. The first kappa shape index (κ1) is 19.4. The number of rotatable bonds is 6. The normalized spacial score (nSPS) is 22.4. The Hall–Kier alpha value is -1.96. The summed E-state index contributed by atoms with van der Waals surface area (Å²) in [7, 11) is -2.72. The van der Waals surface area contributed by atoms with E-state index in [-0.39, 0.29) is 17.7 Å². The molecule has 25 heavy (non-hydrogen) atoms. The van der Waals surface area contributed by atoms with Crippen molar-refractivity contribution in [3.8, 4) is 0 Å². The number of esters is 1. The van der Waals surface area contributed by atoms with E-state index in [2.05, 4.69) is 6.58 Å². The number of carbonyl (C=O) groups is 1. The van der Waals surface area contributed by atoms with E-state index in [1.54, 1.807) is 24.3 Å². The molecular weight excluding hydrogens is 342 g/mol. The number of methoxy groups -OCH3 is 1. The molecule has 1 aromatic rings. The lowest BCUT2D eigenvalue weighted by molar-refractivity contribution is -0.145. The van der Waals surface area contributed by atoms with Crippen molar-refractivity contribution in [3.63, 3.8) is 0 Å². The number of hydrogen-bond donors (Lipinski definition) is 1. The van der Waals surface area contributed by atoms with Crippen LogP contribution in [0.4, 0.5) is 0 Å². The van der Waals surface area contributed by atoms with Crippen molar-refractivity contribution in [1.29, 1.82) is 0 Å². The highest BCUT2D eigenvalue weighted by molar-refractivity contribution is 7.89. The molecule has 0 fully saturated rings. The first-order valence-corrected chi connectivity index (χ1v) is 9.40. The van der Waals surface area contributed by atoms with Gasteiger partial charge in [0.15, 0.2) is 0 Å². The van der Waals surface area contributed by atoms with E-state index >= 15 is 0 Å². The maximum atomic E-state index is 13.2. The summed E-state index contributed by atoms with van der Waals surface area (Å²) in [5.41, 5.74) is 0.931. The minimum atomic E-state index is -3.95. The zero-order valence-electron chi connectivity index (χ0n) is 14.3. The number of ether oxygens (including phenoxy) is 1. The molecule has 3 atom stereocenters. The summed E-state index contributed by atoms with van der Waals surface area (Å²) in [6.07, 6.45) is 4.21. The van der Waals surface area contributed by atoms with Gasteiger partial charge in [-0.2, -0.15) is 4.31 Å². The van der Waals surface area contributed by atoms with E-state index in [9.17, 15) is 18.3 Å². The quantitative estimate of drug-likeness (QED) is 0.614. The van der Waals surface area contributed by atoms with Crippen molar-refractivity contribution in [2.24, 2.45) is 0 Å². The van der Waals surface area contributed by atoms with Crippen LogP contribution in [0.1, 0.15) is 18.4 Å². The predicted octanol–water partition coefficient (Wildman–Crippen LogP) is 1.79. The monoisotopic (exact) mass is 365 g/mol. The molecule has 0 aromatic heterocycles. The van der Waals surface area contributed by atoms with Crippen LogP contribution < -0.4 is 0 Å². The molecule has 6 nitrogen and oxygen atoms in total. The van der Waals surface area contributed by atoms with Crippen molar-refractivity contribution < 1.29 is 23.1 Å². The Labute approximate surface area is 148 Å². The minimum absolute atomic E-state index is 0.0976. The third-order valence-electron chi connectivity index (χ3n) is 4.18. The van der Waals surface area contributed by atoms with Gasteiger partial charge in [-0.25, -0.2) is 8.42 Å². The van der Waals surface area contributed by atoms with Gasteiger partial charge < -0.3 is 9.84 Å². The lowest BCUT2D eigenvalue weighted by Gasteiger charge is -2.37. The molecule has 7 heteroatoms. The second kappa shape index (κ2) is 7.95. The Balaban J connectivity index is 2.49. The van der Waals surface area contributed by atoms with Crippen LogP contribution in [0.2, 0.25) is 0 Å². The Morgan fingerprint density at radius 2 is 2.08 bits per heavy atom. The molecule has 1 aromatic carbocycles. The van der Waals surface area contributed by atoms with Crippen molar-refractivity contribution in [1.82, 2.24) is 4.31 Å². The van der Waals surface area contributed by atoms with Crippen LogP contribution in [0.25, 0.3) is 0 Å². The van der Waals surface area contributed by atoms with Gasteiger partial charge in [0.1, 0.15) is 6.04 Å². The fourth-order valence-electron chi connectivity index (χ4n) is 2.82. The average Bonchev–Trinajstić information content (AvgIpc) is 2.60. The summed E-state index contributed by atoms with van der Waals surface area (Å²) in [6, 6.07) is 4.79. The molecule has 1 heterocycles. The lowest BCUT2D eigenvalue weighted by atomic mass is 10.0. The third kappa shape index (κ3) is 4.18.